The first-order chi connectivity index (χ1) is 10.3. The molecule has 5 nitrogen and oxygen atoms in total. The molecule has 0 unspecified atom stereocenters. The SMILES string of the molecule is Cn1cc(N2CCC[C@H](N[C@H]3CC(C)(C)OC3(C)C)C2)cn1. The number of aromatic nitrogens is 2. The summed E-state index contributed by atoms with van der Waals surface area (Å²) in [6, 6.07) is 0.942. The van der Waals surface area contributed by atoms with Crippen LogP contribution in [0.2, 0.25) is 0 Å². The molecular weight excluding hydrogens is 276 g/mol. The van der Waals surface area contributed by atoms with Crippen LogP contribution in [-0.4, -0.2) is 46.2 Å². The lowest BCUT2D eigenvalue weighted by molar-refractivity contribution is -0.0705. The average Bonchev–Trinajstić information content (AvgIpc) is 2.91. The summed E-state index contributed by atoms with van der Waals surface area (Å²) >= 11 is 0. The molecule has 124 valence electrons. The first-order valence-electron chi connectivity index (χ1n) is 8.45. The number of hydrogen-bond acceptors (Lipinski definition) is 4. The molecule has 0 bridgehead atoms. The van der Waals surface area contributed by atoms with Crippen molar-refractivity contribution in [3.05, 3.63) is 12.4 Å². The largest absolute Gasteiger partial charge is 0.368 e. The summed E-state index contributed by atoms with van der Waals surface area (Å²) in [6.45, 7) is 11.0. The molecule has 22 heavy (non-hydrogen) atoms. The monoisotopic (exact) mass is 306 g/mol. The molecule has 2 aliphatic rings. The van der Waals surface area contributed by atoms with Crippen molar-refractivity contribution in [1.29, 1.82) is 0 Å². The molecule has 2 saturated heterocycles. The fourth-order valence-electron chi connectivity index (χ4n) is 4.03. The molecular formula is C17H30N4O. The van der Waals surface area contributed by atoms with E-state index in [0.717, 1.165) is 19.5 Å². The van der Waals surface area contributed by atoms with Gasteiger partial charge in [-0.1, -0.05) is 0 Å². The second kappa shape index (κ2) is 5.53. The van der Waals surface area contributed by atoms with Gasteiger partial charge in [0.15, 0.2) is 0 Å². The van der Waals surface area contributed by atoms with Crippen molar-refractivity contribution in [3.63, 3.8) is 0 Å². The molecule has 5 heteroatoms. The Morgan fingerprint density at radius 2 is 2.09 bits per heavy atom. The van der Waals surface area contributed by atoms with E-state index in [4.69, 9.17) is 4.74 Å². The fourth-order valence-corrected chi connectivity index (χ4v) is 4.03. The topological polar surface area (TPSA) is 42.3 Å². The standard InChI is InChI=1S/C17H30N4O/c1-16(2)9-15(17(3,4)22-16)19-13-7-6-8-21(11-13)14-10-18-20(5)12-14/h10,12-13,15,19H,6-9,11H2,1-5H3/t13-,15-/m0/s1. The van der Waals surface area contributed by atoms with E-state index >= 15 is 0 Å². The van der Waals surface area contributed by atoms with Gasteiger partial charge in [0.2, 0.25) is 0 Å². The fraction of sp³-hybridized carbons (Fsp3) is 0.824. The quantitative estimate of drug-likeness (QED) is 0.931. The molecule has 0 aromatic carbocycles. The second-order valence-electron chi connectivity index (χ2n) is 8.05. The van der Waals surface area contributed by atoms with Gasteiger partial charge in [0.25, 0.3) is 0 Å². The molecule has 2 aliphatic heterocycles. The highest BCUT2D eigenvalue weighted by Crippen LogP contribution is 2.37. The first-order valence-corrected chi connectivity index (χ1v) is 8.45. The molecule has 0 radical (unpaired) electrons. The van der Waals surface area contributed by atoms with E-state index in [0.29, 0.717) is 12.1 Å². The van der Waals surface area contributed by atoms with Crippen molar-refractivity contribution in [3.8, 4) is 0 Å². The Labute approximate surface area is 134 Å². The Morgan fingerprint density at radius 1 is 1.32 bits per heavy atom. The van der Waals surface area contributed by atoms with Crippen molar-refractivity contribution < 1.29 is 4.74 Å². The van der Waals surface area contributed by atoms with Crippen LogP contribution >= 0.6 is 0 Å². The van der Waals surface area contributed by atoms with Gasteiger partial charge in [-0.15, -0.1) is 0 Å². The van der Waals surface area contributed by atoms with Crippen molar-refractivity contribution in [2.24, 2.45) is 7.05 Å². The molecule has 0 spiro atoms. The van der Waals surface area contributed by atoms with Crippen LogP contribution in [0.25, 0.3) is 0 Å². The van der Waals surface area contributed by atoms with Gasteiger partial charge in [-0.25, -0.2) is 0 Å². The van der Waals surface area contributed by atoms with Gasteiger partial charge < -0.3 is 15.0 Å². The summed E-state index contributed by atoms with van der Waals surface area (Å²) < 4.78 is 8.09. The van der Waals surface area contributed by atoms with E-state index in [2.05, 4.69) is 49.2 Å². The zero-order valence-corrected chi connectivity index (χ0v) is 14.6. The smallest absolute Gasteiger partial charge is 0.0787 e. The van der Waals surface area contributed by atoms with E-state index in [1.54, 1.807) is 0 Å². The molecule has 0 saturated carbocycles. The number of piperidine rings is 1. The minimum atomic E-state index is -0.0971. The van der Waals surface area contributed by atoms with Crippen LogP contribution in [0.5, 0.6) is 0 Å². The first kappa shape index (κ1) is 15.8. The Hall–Kier alpha value is -1.07. The van der Waals surface area contributed by atoms with Crippen LogP contribution in [0.15, 0.2) is 12.4 Å². The lowest BCUT2D eigenvalue weighted by Crippen LogP contribution is -2.53. The van der Waals surface area contributed by atoms with Gasteiger partial charge in [-0.2, -0.15) is 5.10 Å². The summed E-state index contributed by atoms with van der Waals surface area (Å²) in [7, 11) is 1.98. The highest BCUT2D eigenvalue weighted by Gasteiger charge is 2.46. The average molecular weight is 306 g/mol. The number of ether oxygens (including phenoxy) is 1. The molecule has 2 atom stereocenters. The number of aryl methyl sites for hydroxylation is 1. The van der Waals surface area contributed by atoms with Crippen LogP contribution in [0.4, 0.5) is 5.69 Å². The van der Waals surface area contributed by atoms with E-state index < -0.39 is 0 Å². The molecule has 1 N–H and O–H groups in total. The van der Waals surface area contributed by atoms with Crippen LogP contribution in [0, 0.1) is 0 Å². The third-order valence-corrected chi connectivity index (χ3v) is 4.99. The van der Waals surface area contributed by atoms with Gasteiger partial charge in [0.1, 0.15) is 0 Å². The second-order valence-corrected chi connectivity index (χ2v) is 8.05. The maximum Gasteiger partial charge on any atom is 0.0787 e. The van der Waals surface area contributed by atoms with Gasteiger partial charge in [0, 0.05) is 38.4 Å². The Balaban J connectivity index is 1.63. The van der Waals surface area contributed by atoms with Crippen molar-refractivity contribution >= 4 is 5.69 Å². The predicted octanol–water partition coefficient (Wildman–Crippen LogP) is 2.32. The number of anilines is 1. The minimum absolute atomic E-state index is 0.0289. The molecule has 1 aromatic rings. The molecule has 3 heterocycles. The van der Waals surface area contributed by atoms with Crippen molar-refractivity contribution in [2.45, 2.75) is 70.2 Å². The van der Waals surface area contributed by atoms with Crippen LogP contribution < -0.4 is 10.2 Å². The third-order valence-electron chi connectivity index (χ3n) is 4.99. The summed E-state index contributed by atoms with van der Waals surface area (Å²) in [5.41, 5.74) is 1.11. The van der Waals surface area contributed by atoms with E-state index in [9.17, 15) is 0 Å². The summed E-state index contributed by atoms with van der Waals surface area (Å²) in [5.74, 6) is 0. The normalized spacial score (nSPS) is 30.7. The summed E-state index contributed by atoms with van der Waals surface area (Å²) in [4.78, 5) is 2.45. The number of nitrogens with one attached hydrogen (secondary N) is 1. The zero-order valence-electron chi connectivity index (χ0n) is 14.6. The Kier molecular flexibility index (Phi) is 3.98. The number of nitrogens with zero attached hydrogens (tertiary/aromatic N) is 3. The molecule has 0 amide bonds. The van der Waals surface area contributed by atoms with Crippen LogP contribution in [0.3, 0.4) is 0 Å². The Morgan fingerprint density at radius 3 is 2.68 bits per heavy atom. The zero-order chi connectivity index (χ0) is 16.0. The molecule has 3 rings (SSSR count). The summed E-state index contributed by atoms with van der Waals surface area (Å²) in [6.07, 6.45) is 7.61. The van der Waals surface area contributed by atoms with Crippen LogP contribution in [-0.2, 0) is 11.8 Å². The Bertz CT molecular complexity index is 522. The molecule has 2 fully saturated rings. The van der Waals surface area contributed by atoms with E-state index in [-0.39, 0.29) is 11.2 Å². The molecule has 0 aliphatic carbocycles. The van der Waals surface area contributed by atoms with Gasteiger partial charge >= 0.3 is 0 Å². The predicted molar refractivity (Wildman–Crippen MR) is 89.2 cm³/mol. The highest BCUT2D eigenvalue weighted by molar-refractivity contribution is 5.43. The lowest BCUT2D eigenvalue weighted by Gasteiger charge is -2.37. The number of hydrogen-bond donors (Lipinski definition) is 1. The molecule has 1 aromatic heterocycles. The van der Waals surface area contributed by atoms with Gasteiger partial charge in [-0.05, 0) is 47.0 Å². The number of rotatable bonds is 3. The summed E-state index contributed by atoms with van der Waals surface area (Å²) in [5, 5.41) is 8.17. The van der Waals surface area contributed by atoms with Gasteiger partial charge in [0.05, 0.1) is 23.1 Å². The van der Waals surface area contributed by atoms with Crippen LogP contribution in [0.1, 0.15) is 47.0 Å². The lowest BCUT2D eigenvalue weighted by atomic mass is 9.92. The maximum absolute atomic E-state index is 6.22. The van der Waals surface area contributed by atoms with E-state index in [1.165, 1.54) is 18.5 Å². The van der Waals surface area contributed by atoms with E-state index in [1.807, 2.05) is 17.9 Å². The van der Waals surface area contributed by atoms with Crippen molar-refractivity contribution in [2.75, 3.05) is 18.0 Å². The third kappa shape index (κ3) is 3.30. The minimum Gasteiger partial charge on any atom is -0.368 e. The highest BCUT2D eigenvalue weighted by atomic mass is 16.5. The van der Waals surface area contributed by atoms with Gasteiger partial charge in [-0.3, -0.25) is 4.68 Å². The van der Waals surface area contributed by atoms with Crippen molar-refractivity contribution in [1.82, 2.24) is 15.1 Å². The maximum atomic E-state index is 6.22.